The molecule has 1 aliphatic heterocycles. The first-order chi connectivity index (χ1) is 10.6. The molecule has 118 valence electrons. The van der Waals surface area contributed by atoms with E-state index >= 15 is 0 Å². The number of rotatable bonds is 4. The van der Waals surface area contributed by atoms with E-state index in [1.54, 1.807) is 6.92 Å². The normalized spacial score (nSPS) is 17.5. The molecule has 0 unspecified atom stereocenters. The number of fused-ring (bicyclic) bond motifs is 2. The molecule has 2 N–H and O–H groups in total. The van der Waals surface area contributed by atoms with Crippen molar-refractivity contribution in [3.05, 3.63) is 22.2 Å². The summed E-state index contributed by atoms with van der Waals surface area (Å²) in [7, 11) is 0. The van der Waals surface area contributed by atoms with Crippen LogP contribution in [0.25, 0.3) is 10.2 Å². The molecule has 0 aromatic carbocycles. The number of esters is 1. The Morgan fingerprint density at radius 1 is 1.55 bits per heavy atom. The van der Waals surface area contributed by atoms with Crippen LogP contribution in [-0.4, -0.2) is 23.7 Å². The van der Waals surface area contributed by atoms with Crippen LogP contribution < -0.4 is 5.73 Å². The fraction of sp³-hybridized carbons (Fsp3) is 0.500. The number of carbonyl (C=O) groups excluding carboxylic acids is 1. The lowest BCUT2D eigenvalue weighted by Crippen LogP contribution is -2.23. The molecule has 2 aromatic heterocycles. The minimum atomic E-state index is -0.374. The van der Waals surface area contributed by atoms with Gasteiger partial charge in [-0.05, 0) is 19.4 Å². The maximum atomic E-state index is 11.9. The average Bonchev–Trinajstić information content (AvgIpc) is 2.82. The summed E-state index contributed by atoms with van der Waals surface area (Å²) in [6.07, 6.45) is 3.21. The molecule has 0 saturated carbocycles. The number of carbonyl (C=O) groups is 1. The molecular formula is C16H20N2O3S. The third kappa shape index (κ3) is 2.68. The van der Waals surface area contributed by atoms with Crippen LogP contribution >= 0.6 is 11.3 Å². The molecule has 5 nitrogen and oxygen atoms in total. The molecule has 0 spiro atoms. The van der Waals surface area contributed by atoms with Crippen LogP contribution in [-0.2, 0) is 22.5 Å². The molecule has 6 heteroatoms. The zero-order valence-electron chi connectivity index (χ0n) is 12.8. The summed E-state index contributed by atoms with van der Waals surface area (Å²) >= 11 is 1.31. The highest BCUT2D eigenvalue weighted by atomic mass is 32.1. The van der Waals surface area contributed by atoms with Gasteiger partial charge in [0.15, 0.2) is 0 Å². The van der Waals surface area contributed by atoms with E-state index in [1.807, 2.05) is 6.07 Å². The van der Waals surface area contributed by atoms with Gasteiger partial charge in [0.1, 0.15) is 9.71 Å². The molecule has 1 aliphatic rings. The molecule has 0 fully saturated rings. The Morgan fingerprint density at radius 2 is 2.36 bits per heavy atom. The summed E-state index contributed by atoms with van der Waals surface area (Å²) in [6, 6.07) is 2.01. The van der Waals surface area contributed by atoms with Gasteiger partial charge in [-0.3, -0.25) is 0 Å². The lowest BCUT2D eigenvalue weighted by Gasteiger charge is -2.24. The van der Waals surface area contributed by atoms with Crippen molar-refractivity contribution >= 4 is 33.2 Å². The van der Waals surface area contributed by atoms with Crippen LogP contribution in [0.4, 0.5) is 5.69 Å². The standard InChI is InChI=1S/C16H20N2O3S/c1-3-5-10-7-12-9(8-21-10)6-11-13(17)14(16(19)20-4-2)22-15(11)18-12/h6,10H,3-5,7-8,17H2,1-2H3/t10-/m0/s1. The molecule has 22 heavy (non-hydrogen) atoms. The zero-order valence-corrected chi connectivity index (χ0v) is 13.7. The lowest BCUT2D eigenvalue weighted by molar-refractivity contribution is 0.0217. The van der Waals surface area contributed by atoms with Crippen molar-refractivity contribution < 1.29 is 14.3 Å². The van der Waals surface area contributed by atoms with E-state index in [4.69, 9.17) is 20.2 Å². The van der Waals surface area contributed by atoms with E-state index in [1.165, 1.54) is 11.3 Å². The number of nitrogens with two attached hydrogens (primary N) is 1. The summed E-state index contributed by atoms with van der Waals surface area (Å²) in [5.74, 6) is -0.374. The topological polar surface area (TPSA) is 74.4 Å². The van der Waals surface area contributed by atoms with Crippen molar-refractivity contribution in [1.29, 1.82) is 0 Å². The Labute approximate surface area is 133 Å². The third-order valence-corrected chi connectivity index (χ3v) is 4.95. The Morgan fingerprint density at radius 3 is 3.09 bits per heavy atom. The second kappa shape index (κ2) is 6.22. The van der Waals surface area contributed by atoms with Crippen molar-refractivity contribution in [3.8, 4) is 0 Å². The van der Waals surface area contributed by atoms with E-state index in [-0.39, 0.29) is 12.1 Å². The first-order valence-electron chi connectivity index (χ1n) is 7.63. The summed E-state index contributed by atoms with van der Waals surface area (Å²) in [5, 5.41) is 0.823. The van der Waals surface area contributed by atoms with Crippen LogP contribution in [0.2, 0.25) is 0 Å². The summed E-state index contributed by atoms with van der Waals surface area (Å²) in [4.78, 5) is 17.9. The Bertz CT molecular complexity index is 711. The summed E-state index contributed by atoms with van der Waals surface area (Å²) < 4.78 is 10.9. The molecule has 1 atom stereocenters. The molecule has 0 saturated heterocycles. The third-order valence-electron chi connectivity index (χ3n) is 3.86. The Kier molecular flexibility index (Phi) is 4.31. The predicted molar refractivity (Wildman–Crippen MR) is 87.2 cm³/mol. The van der Waals surface area contributed by atoms with Gasteiger partial charge < -0.3 is 15.2 Å². The van der Waals surface area contributed by atoms with Gasteiger partial charge in [-0.2, -0.15) is 0 Å². The second-order valence-corrected chi connectivity index (χ2v) is 6.44. The van der Waals surface area contributed by atoms with Crippen LogP contribution in [0.5, 0.6) is 0 Å². The van der Waals surface area contributed by atoms with Gasteiger partial charge in [0.2, 0.25) is 0 Å². The quantitative estimate of drug-likeness (QED) is 0.875. The molecule has 0 aliphatic carbocycles. The minimum Gasteiger partial charge on any atom is -0.462 e. The van der Waals surface area contributed by atoms with E-state index in [0.29, 0.717) is 23.8 Å². The molecule has 3 rings (SSSR count). The van der Waals surface area contributed by atoms with Crippen LogP contribution in [0.1, 0.15) is 47.6 Å². The number of hydrogen-bond acceptors (Lipinski definition) is 6. The number of hydrogen-bond donors (Lipinski definition) is 1. The number of nitrogen functional groups attached to an aromatic ring is 1. The predicted octanol–water partition coefficient (Wildman–Crippen LogP) is 3.30. The van der Waals surface area contributed by atoms with Gasteiger partial charge in [0.05, 0.1) is 30.7 Å². The molecule has 0 amide bonds. The number of anilines is 1. The van der Waals surface area contributed by atoms with Crippen molar-refractivity contribution in [2.45, 2.75) is 45.8 Å². The van der Waals surface area contributed by atoms with Crippen molar-refractivity contribution in [2.75, 3.05) is 12.3 Å². The first-order valence-corrected chi connectivity index (χ1v) is 8.45. The number of thiophene rings is 1. The van der Waals surface area contributed by atoms with E-state index in [2.05, 4.69) is 6.92 Å². The van der Waals surface area contributed by atoms with Gasteiger partial charge >= 0.3 is 5.97 Å². The SMILES string of the molecule is CCC[C@H]1Cc2nc3sc(C(=O)OCC)c(N)c3cc2CO1. The van der Waals surface area contributed by atoms with Crippen molar-refractivity contribution in [1.82, 2.24) is 4.98 Å². The zero-order chi connectivity index (χ0) is 15.7. The van der Waals surface area contributed by atoms with Gasteiger partial charge in [-0.25, -0.2) is 9.78 Å². The number of nitrogens with zero attached hydrogens (tertiary/aromatic N) is 1. The van der Waals surface area contributed by atoms with E-state index < -0.39 is 0 Å². The van der Waals surface area contributed by atoms with Crippen molar-refractivity contribution in [3.63, 3.8) is 0 Å². The smallest absolute Gasteiger partial charge is 0.350 e. The fourth-order valence-electron chi connectivity index (χ4n) is 2.76. The number of ether oxygens (including phenoxy) is 2. The van der Waals surface area contributed by atoms with Gasteiger partial charge in [-0.1, -0.05) is 13.3 Å². The maximum Gasteiger partial charge on any atom is 0.350 e. The highest BCUT2D eigenvalue weighted by Gasteiger charge is 2.24. The molecule has 0 radical (unpaired) electrons. The largest absolute Gasteiger partial charge is 0.462 e. The summed E-state index contributed by atoms with van der Waals surface area (Å²) in [5.41, 5.74) is 8.70. The average molecular weight is 320 g/mol. The fourth-order valence-corrected chi connectivity index (χ4v) is 3.75. The van der Waals surface area contributed by atoms with Gasteiger partial charge in [-0.15, -0.1) is 11.3 Å². The van der Waals surface area contributed by atoms with Crippen molar-refractivity contribution in [2.24, 2.45) is 0 Å². The minimum absolute atomic E-state index is 0.240. The second-order valence-electron chi connectivity index (χ2n) is 5.44. The van der Waals surface area contributed by atoms with E-state index in [0.717, 1.165) is 40.7 Å². The van der Waals surface area contributed by atoms with E-state index in [9.17, 15) is 4.79 Å². The van der Waals surface area contributed by atoms with Gasteiger partial charge in [0, 0.05) is 17.4 Å². The molecule has 2 aromatic rings. The molecule has 0 bridgehead atoms. The molecular weight excluding hydrogens is 300 g/mol. The van der Waals surface area contributed by atoms with Crippen LogP contribution in [0.3, 0.4) is 0 Å². The molecule has 3 heterocycles. The number of aromatic nitrogens is 1. The summed E-state index contributed by atoms with van der Waals surface area (Å²) in [6.45, 7) is 4.83. The first kappa shape index (κ1) is 15.2. The Hall–Kier alpha value is -1.66. The highest BCUT2D eigenvalue weighted by Crippen LogP contribution is 2.35. The highest BCUT2D eigenvalue weighted by molar-refractivity contribution is 7.21. The van der Waals surface area contributed by atoms with Crippen LogP contribution in [0.15, 0.2) is 6.07 Å². The number of pyridine rings is 1. The maximum absolute atomic E-state index is 11.9. The monoisotopic (exact) mass is 320 g/mol. The van der Waals surface area contributed by atoms with Crippen LogP contribution in [0, 0.1) is 0 Å². The Balaban J connectivity index is 1.99. The van der Waals surface area contributed by atoms with Gasteiger partial charge in [0.25, 0.3) is 0 Å². The lowest BCUT2D eigenvalue weighted by atomic mass is 10.0.